The van der Waals surface area contributed by atoms with Crippen molar-refractivity contribution >= 4 is 17.2 Å². The van der Waals surface area contributed by atoms with Gasteiger partial charge in [0.1, 0.15) is 0 Å². The monoisotopic (exact) mass is 246 g/mol. The van der Waals surface area contributed by atoms with Crippen molar-refractivity contribution in [1.82, 2.24) is 0 Å². The number of hydrogen-bond donors (Lipinski definition) is 1. The summed E-state index contributed by atoms with van der Waals surface area (Å²) in [7, 11) is 0. The van der Waals surface area contributed by atoms with Gasteiger partial charge in [0.25, 0.3) is 0 Å². The molecule has 0 aromatic heterocycles. The second kappa shape index (κ2) is 5.42. The molecule has 2 rings (SSSR count). The Bertz CT molecular complexity index is 436. The zero-order chi connectivity index (χ0) is 13.1. The number of nitrogen functional groups attached to an aromatic ring is 1. The van der Waals surface area contributed by atoms with Crippen molar-refractivity contribution in [2.75, 3.05) is 17.2 Å². The highest BCUT2D eigenvalue weighted by molar-refractivity contribution is 5.99. The van der Waals surface area contributed by atoms with Crippen LogP contribution in [0.1, 0.15) is 49.9 Å². The van der Waals surface area contributed by atoms with Crippen LogP contribution >= 0.6 is 0 Å². The first-order chi connectivity index (χ1) is 8.63. The van der Waals surface area contributed by atoms with E-state index in [2.05, 4.69) is 11.8 Å². The maximum absolute atomic E-state index is 11.4. The van der Waals surface area contributed by atoms with Crippen LogP contribution in [0.15, 0.2) is 18.2 Å². The van der Waals surface area contributed by atoms with Crippen LogP contribution in [0.5, 0.6) is 0 Å². The molecule has 0 heterocycles. The maximum atomic E-state index is 11.4. The predicted molar refractivity (Wildman–Crippen MR) is 76.1 cm³/mol. The fourth-order valence-electron chi connectivity index (χ4n) is 2.92. The highest BCUT2D eigenvalue weighted by atomic mass is 16.1. The van der Waals surface area contributed by atoms with Crippen molar-refractivity contribution in [3.63, 3.8) is 0 Å². The van der Waals surface area contributed by atoms with Crippen molar-refractivity contribution in [1.29, 1.82) is 0 Å². The molecule has 0 radical (unpaired) electrons. The number of anilines is 2. The number of carbonyl (C=O) groups is 1. The fourth-order valence-corrected chi connectivity index (χ4v) is 2.92. The molecule has 3 nitrogen and oxygen atoms in total. The molecule has 0 spiro atoms. The van der Waals surface area contributed by atoms with E-state index < -0.39 is 0 Å². The first-order valence-corrected chi connectivity index (χ1v) is 6.80. The van der Waals surface area contributed by atoms with Gasteiger partial charge >= 0.3 is 0 Å². The summed E-state index contributed by atoms with van der Waals surface area (Å²) in [5, 5.41) is 0. The number of rotatable bonds is 4. The summed E-state index contributed by atoms with van der Waals surface area (Å²) in [6.07, 6.45) is 5.18. The normalized spacial score (nSPS) is 15.9. The molecule has 3 heteroatoms. The van der Waals surface area contributed by atoms with E-state index in [9.17, 15) is 4.79 Å². The molecule has 18 heavy (non-hydrogen) atoms. The number of hydrogen-bond acceptors (Lipinski definition) is 3. The lowest BCUT2D eigenvalue weighted by atomic mass is 10.1. The molecule has 0 bridgehead atoms. The second-order valence-corrected chi connectivity index (χ2v) is 5.05. The summed E-state index contributed by atoms with van der Waals surface area (Å²) in [5.74, 6) is 0.0305. The van der Waals surface area contributed by atoms with Crippen molar-refractivity contribution in [3.05, 3.63) is 23.8 Å². The summed E-state index contributed by atoms with van der Waals surface area (Å²) in [6, 6.07) is 6.45. The molecule has 0 unspecified atom stereocenters. The largest absolute Gasteiger partial charge is 0.398 e. The lowest BCUT2D eigenvalue weighted by Crippen LogP contribution is -2.33. The van der Waals surface area contributed by atoms with E-state index in [1.807, 2.05) is 18.2 Å². The zero-order valence-corrected chi connectivity index (χ0v) is 11.3. The van der Waals surface area contributed by atoms with E-state index in [1.165, 1.54) is 25.7 Å². The third-order valence-electron chi connectivity index (χ3n) is 3.85. The Balaban J connectivity index is 2.26. The molecule has 0 atom stereocenters. The number of nitrogens with zero attached hydrogens (tertiary/aromatic N) is 1. The second-order valence-electron chi connectivity index (χ2n) is 5.05. The van der Waals surface area contributed by atoms with Crippen molar-refractivity contribution in [2.24, 2.45) is 0 Å². The average Bonchev–Trinajstić information content (AvgIpc) is 2.83. The molecule has 1 aromatic rings. The Labute approximate surface area is 109 Å². The van der Waals surface area contributed by atoms with E-state index in [0.29, 0.717) is 17.3 Å². The number of benzene rings is 1. The van der Waals surface area contributed by atoms with E-state index in [4.69, 9.17) is 5.73 Å². The van der Waals surface area contributed by atoms with E-state index in [0.717, 1.165) is 12.2 Å². The van der Waals surface area contributed by atoms with Crippen LogP contribution in [-0.4, -0.2) is 18.4 Å². The van der Waals surface area contributed by atoms with E-state index in [-0.39, 0.29) is 5.78 Å². The Kier molecular flexibility index (Phi) is 3.90. The standard InChI is InChI=1S/C15H22N2O/c1-3-17(12-6-4-5-7-12)13-8-9-14(11(2)18)15(16)10-13/h8-10,12H,3-7,16H2,1-2H3. The molecule has 1 aliphatic carbocycles. The SMILES string of the molecule is CCN(c1ccc(C(C)=O)c(N)c1)C1CCCC1. The number of carbonyl (C=O) groups excluding carboxylic acids is 1. The Hall–Kier alpha value is -1.51. The minimum absolute atomic E-state index is 0.0305. The van der Waals surface area contributed by atoms with Gasteiger partial charge in [0, 0.05) is 29.5 Å². The zero-order valence-electron chi connectivity index (χ0n) is 11.3. The highest BCUT2D eigenvalue weighted by Gasteiger charge is 2.22. The van der Waals surface area contributed by atoms with Gasteiger partial charge in [-0.15, -0.1) is 0 Å². The number of Topliss-reactive ketones (excluding diaryl/α,β-unsaturated/α-hetero) is 1. The van der Waals surface area contributed by atoms with Crippen LogP contribution in [-0.2, 0) is 0 Å². The van der Waals surface area contributed by atoms with Crippen LogP contribution in [0.25, 0.3) is 0 Å². The molecule has 2 N–H and O–H groups in total. The van der Waals surface area contributed by atoms with Crippen LogP contribution in [0, 0.1) is 0 Å². The molecule has 0 saturated heterocycles. The molecule has 98 valence electrons. The molecule has 1 aromatic carbocycles. The molecule has 1 fully saturated rings. The summed E-state index contributed by atoms with van der Waals surface area (Å²) in [5.41, 5.74) is 8.33. The van der Waals surface area contributed by atoms with Crippen LogP contribution in [0.4, 0.5) is 11.4 Å². The third kappa shape index (κ3) is 2.50. The quantitative estimate of drug-likeness (QED) is 0.655. The van der Waals surface area contributed by atoms with Crippen LogP contribution in [0.3, 0.4) is 0 Å². The van der Waals surface area contributed by atoms with Gasteiger partial charge in [0.2, 0.25) is 0 Å². The molecular weight excluding hydrogens is 224 g/mol. The maximum Gasteiger partial charge on any atom is 0.161 e. The van der Waals surface area contributed by atoms with Crippen LogP contribution < -0.4 is 10.6 Å². The molecule has 1 aliphatic rings. The van der Waals surface area contributed by atoms with Gasteiger partial charge in [0.05, 0.1) is 0 Å². The number of ketones is 1. The lowest BCUT2D eigenvalue weighted by Gasteiger charge is -2.30. The summed E-state index contributed by atoms with van der Waals surface area (Å²) in [6.45, 7) is 4.72. The van der Waals surface area contributed by atoms with Gasteiger partial charge in [-0.1, -0.05) is 12.8 Å². The van der Waals surface area contributed by atoms with E-state index in [1.54, 1.807) is 6.92 Å². The third-order valence-corrected chi connectivity index (χ3v) is 3.85. The topological polar surface area (TPSA) is 46.3 Å². The molecule has 0 aliphatic heterocycles. The van der Waals surface area contributed by atoms with Crippen molar-refractivity contribution < 1.29 is 4.79 Å². The van der Waals surface area contributed by atoms with Gasteiger partial charge in [-0.05, 0) is 44.9 Å². The summed E-state index contributed by atoms with van der Waals surface area (Å²) >= 11 is 0. The minimum Gasteiger partial charge on any atom is -0.398 e. The lowest BCUT2D eigenvalue weighted by molar-refractivity contribution is 0.101. The van der Waals surface area contributed by atoms with Crippen molar-refractivity contribution in [3.8, 4) is 0 Å². The minimum atomic E-state index is 0.0305. The Morgan fingerprint density at radius 3 is 2.56 bits per heavy atom. The van der Waals surface area contributed by atoms with Gasteiger partial charge in [-0.2, -0.15) is 0 Å². The first-order valence-electron chi connectivity index (χ1n) is 6.80. The smallest absolute Gasteiger partial charge is 0.161 e. The summed E-state index contributed by atoms with van der Waals surface area (Å²) in [4.78, 5) is 13.8. The number of nitrogens with two attached hydrogens (primary N) is 1. The molecule has 0 amide bonds. The van der Waals surface area contributed by atoms with Crippen molar-refractivity contribution in [2.45, 2.75) is 45.6 Å². The van der Waals surface area contributed by atoms with E-state index >= 15 is 0 Å². The Morgan fingerprint density at radius 1 is 1.39 bits per heavy atom. The molecular formula is C15H22N2O. The van der Waals surface area contributed by atoms with Crippen LogP contribution in [0.2, 0.25) is 0 Å². The summed E-state index contributed by atoms with van der Waals surface area (Å²) < 4.78 is 0. The highest BCUT2D eigenvalue weighted by Crippen LogP contribution is 2.30. The Morgan fingerprint density at radius 2 is 2.06 bits per heavy atom. The fraction of sp³-hybridized carbons (Fsp3) is 0.533. The predicted octanol–water partition coefficient (Wildman–Crippen LogP) is 3.24. The van der Waals surface area contributed by atoms with Gasteiger partial charge in [-0.25, -0.2) is 0 Å². The first kappa shape index (κ1) is 12.9. The van der Waals surface area contributed by atoms with Gasteiger partial charge in [-0.3, -0.25) is 4.79 Å². The van der Waals surface area contributed by atoms with Gasteiger partial charge in [0.15, 0.2) is 5.78 Å². The molecule has 1 saturated carbocycles. The average molecular weight is 246 g/mol. The van der Waals surface area contributed by atoms with Gasteiger partial charge < -0.3 is 10.6 Å².